The van der Waals surface area contributed by atoms with Crippen molar-refractivity contribution in [2.45, 2.75) is 6.18 Å². The Morgan fingerprint density at radius 1 is 1.05 bits per heavy atom. The molecule has 0 aliphatic carbocycles. The van der Waals surface area contributed by atoms with E-state index in [4.69, 9.17) is 17.3 Å². The van der Waals surface area contributed by atoms with Crippen LogP contribution in [0.5, 0.6) is 0 Å². The van der Waals surface area contributed by atoms with Crippen molar-refractivity contribution in [1.82, 2.24) is 0 Å². The van der Waals surface area contributed by atoms with Crippen LogP contribution in [-0.2, 0) is 6.18 Å². The Bertz CT molecular complexity index is 644. The summed E-state index contributed by atoms with van der Waals surface area (Å²) < 4.78 is 38.4. The van der Waals surface area contributed by atoms with Gasteiger partial charge in [0.15, 0.2) is 0 Å². The fourth-order valence-corrected chi connectivity index (χ4v) is 2.11. The molecule has 0 bridgehead atoms. The molecule has 0 radical (unpaired) electrons. The van der Waals surface area contributed by atoms with E-state index < -0.39 is 11.7 Å². The SMILES string of the molecule is Nc1cc(C(F)(F)F)ccc1Nc1cc(Cl)ccc1Br. The summed E-state index contributed by atoms with van der Waals surface area (Å²) in [6.45, 7) is 0. The summed E-state index contributed by atoms with van der Waals surface area (Å²) in [5.41, 5.74) is 5.85. The lowest BCUT2D eigenvalue weighted by Gasteiger charge is -2.13. The van der Waals surface area contributed by atoms with Crippen molar-refractivity contribution in [2.75, 3.05) is 11.1 Å². The van der Waals surface area contributed by atoms with Crippen LogP contribution in [-0.4, -0.2) is 0 Å². The summed E-state index contributed by atoms with van der Waals surface area (Å²) in [4.78, 5) is 0. The van der Waals surface area contributed by atoms with E-state index in [9.17, 15) is 13.2 Å². The quantitative estimate of drug-likeness (QED) is 0.695. The number of benzene rings is 2. The van der Waals surface area contributed by atoms with Crippen LogP contribution < -0.4 is 11.1 Å². The molecule has 2 rings (SSSR count). The third-order valence-electron chi connectivity index (χ3n) is 2.58. The van der Waals surface area contributed by atoms with Crippen molar-refractivity contribution in [1.29, 1.82) is 0 Å². The first kappa shape index (κ1) is 15.0. The van der Waals surface area contributed by atoms with E-state index in [1.165, 1.54) is 6.07 Å². The van der Waals surface area contributed by atoms with E-state index in [2.05, 4.69) is 21.2 Å². The third-order valence-corrected chi connectivity index (χ3v) is 3.50. The van der Waals surface area contributed by atoms with Gasteiger partial charge in [0.05, 0.1) is 22.6 Å². The van der Waals surface area contributed by atoms with Crippen molar-refractivity contribution in [3.63, 3.8) is 0 Å². The van der Waals surface area contributed by atoms with Crippen molar-refractivity contribution in [3.8, 4) is 0 Å². The van der Waals surface area contributed by atoms with Gasteiger partial charge >= 0.3 is 6.18 Å². The molecule has 0 fully saturated rings. The predicted molar refractivity (Wildman–Crippen MR) is 78.3 cm³/mol. The smallest absolute Gasteiger partial charge is 0.397 e. The van der Waals surface area contributed by atoms with E-state index in [0.29, 0.717) is 16.4 Å². The monoisotopic (exact) mass is 364 g/mol. The lowest BCUT2D eigenvalue weighted by Crippen LogP contribution is -2.06. The van der Waals surface area contributed by atoms with E-state index in [1.54, 1.807) is 18.2 Å². The number of nitrogens with two attached hydrogens (primary N) is 1. The molecule has 0 saturated heterocycles. The minimum absolute atomic E-state index is 0.00620. The maximum atomic E-state index is 12.5. The fraction of sp³-hybridized carbons (Fsp3) is 0.0769. The van der Waals surface area contributed by atoms with E-state index in [-0.39, 0.29) is 5.69 Å². The zero-order valence-electron chi connectivity index (χ0n) is 9.93. The Balaban J connectivity index is 2.33. The molecule has 2 aromatic rings. The summed E-state index contributed by atoms with van der Waals surface area (Å²) in [7, 11) is 0. The van der Waals surface area contributed by atoms with Gasteiger partial charge in [0.2, 0.25) is 0 Å². The molecule has 0 heterocycles. The Hall–Kier alpha value is -1.40. The maximum absolute atomic E-state index is 12.5. The first-order valence-electron chi connectivity index (χ1n) is 5.46. The number of halogens is 5. The van der Waals surface area contributed by atoms with Crippen LogP contribution in [0.1, 0.15) is 5.56 Å². The van der Waals surface area contributed by atoms with Crippen molar-refractivity contribution in [2.24, 2.45) is 0 Å². The molecule has 7 heteroatoms. The van der Waals surface area contributed by atoms with Gasteiger partial charge in [-0.15, -0.1) is 0 Å². The van der Waals surface area contributed by atoms with Crippen molar-refractivity contribution < 1.29 is 13.2 Å². The summed E-state index contributed by atoms with van der Waals surface area (Å²) in [5.74, 6) is 0. The van der Waals surface area contributed by atoms with Crippen LogP contribution in [0.4, 0.5) is 30.2 Å². The highest BCUT2D eigenvalue weighted by atomic mass is 79.9. The molecular formula is C13H9BrClF3N2. The molecule has 2 nitrogen and oxygen atoms in total. The summed E-state index contributed by atoms with van der Waals surface area (Å²) in [6.07, 6.45) is -4.41. The summed E-state index contributed by atoms with van der Waals surface area (Å²) in [5, 5.41) is 3.44. The first-order chi connectivity index (χ1) is 9.27. The summed E-state index contributed by atoms with van der Waals surface area (Å²) in [6, 6.07) is 8.20. The predicted octanol–water partition coefficient (Wildman–Crippen LogP) is 5.45. The van der Waals surface area contributed by atoms with E-state index in [1.807, 2.05) is 0 Å². The maximum Gasteiger partial charge on any atom is 0.416 e. The van der Waals surface area contributed by atoms with Gasteiger partial charge in [-0.3, -0.25) is 0 Å². The van der Waals surface area contributed by atoms with Gasteiger partial charge < -0.3 is 11.1 Å². The number of anilines is 3. The minimum atomic E-state index is -4.41. The van der Waals surface area contributed by atoms with Crippen LogP contribution in [0.25, 0.3) is 0 Å². The second-order valence-corrected chi connectivity index (χ2v) is 5.34. The standard InChI is InChI=1S/C13H9BrClF3N2/c14-9-3-2-8(15)6-12(9)20-11-4-1-7(5-10(11)19)13(16,17)18/h1-6,20H,19H2. The molecule has 0 aliphatic heterocycles. The molecule has 106 valence electrons. The van der Waals surface area contributed by atoms with E-state index in [0.717, 1.165) is 16.6 Å². The number of hydrogen-bond donors (Lipinski definition) is 2. The molecule has 0 unspecified atom stereocenters. The van der Waals surface area contributed by atoms with Gasteiger partial charge in [-0.1, -0.05) is 11.6 Å². The molecule has 0 spiro atoms. The zero-order chi connectivity index (χ0) is 14.9. The van der Waals surface area contributed by atoms with Crippen LogP contribution in [0.3, 0.4) is 0 Å². The average Bonchev–Trinajstić information content (AvgIpc) is 2.35. The molecule has 3 N–H and O–H groups in total. The van der Waals surface area contributed by atoms with Gasteiger partial charge in [0, 0.05) is 9.50 Å². The number of nitrogen functional groups attached to an aromatic ring is 1. The highest BCUT2D eigenvalue weighted by Crippen LogP contribution is 2.35. The third kappa shape index (κ3) is 3.37. The fourth-order valence-electron chi connectivity index (χ4n) is 1.59. The van der Waals surface area contributed by atoms with Crippen molar-refractivity contribution >= 4 is 44.6 Å². The topological polar surface area (TPSA) is 38.0 Å². The van der Waals surface area contributed by atoms with Crippen LogP contribution in [0, 0.1) is 0 Å². The summed E-state index contributed by atoms with van der Waals surface area (Å²) >= 11 is 9.18. The molecule has 20 heavy (non-hydrogen) atoms. The first-order valence-corrected chi connectivity index (χ1v) is 6.63. The van der Waals surface area contributed by atoms with Gasteiger partial charge in [0.1, 0.15) is 0 Å². The molecule has 0 aliphatic rings. The molecule has 0 aromatic heterocycles. The number of rotatable bonds is 2. The highest BCUT2D eigenvalue weighted by Gasteiger charge is 2.30. The average molecular weight is 366 g/mol. The number of hydrogen-bond acceptors (Lipinski definition) is 2. The Morgan fingerprint density at radius 3 is 2.35 bits per heavy atom. The zero-order valence-corrected chi connectivity index (χ0v) is 12.3. The van der Waals surface area contributed by atoms with E-state index >= 15 is 0 Å². The lowest BCUT2D eigenvalue weighted by molar-refractivity contribution is -0.137. The largest absolute Gasteiger partial charge is 0.416 e. The second-order valence-electron chi connectivity index (χ2n) is 4.05. The lowest BCUT2D eigenvalue weighted by atomic mass is 10.1. The second kappa shape index (κ2) is 5.54. The number of nitrogens with one attached hydrogen (secondary N) is 1. The van der Waals surface area contributed by atoms with Gasteiger partial charge in [-0.05, 0) is 52.3 Å². The highest BCUT2D eigenvalue weighted by molar-refractivity contribution is 9.10. The molecule has 0 atom stereocenters. The van der Waals surface area contributed by atoms with Gasteiger partial charge in [-0.25, -0.2) is 0 Å². The molecule has 0 saturated carbocycles. The van der Waals surface area contributed by atoms with Gasteiger partial charge in [-0.2, -0.15) is 13.2 Å². The number of alkyl halides is 3. The van der Waals surface area contributed by atoms with Crippen LogP contribution >= 0.6 is 27.5 Å². The van der Waals surface area contributed by atoms with Crippen LogP contribution in [0.2, 0.25) is 5.02 Å². The Labute approximate surface area is 126 Å². The molecule has 2 aromatic carbocycles. The van der Waals surface area contributed by atoms with Crippen molar-refractivity contribution in [3.05, 3.63) is 51.5 Å². The Morgan fingerprint density at radius 2 is 1.75 bits per heavy atom. The minimum Gasteiger partial charge on any atom is -0.397 e. The molecular weight excluding hydrogens is 357 g/mol. The van der Waals surface area contributed by atoms with Crippen LogP contribution in [0.15, 0.2) is 40.9 Å². The normalized spacial score (nSPS) is 11.4. The molecule has 0 amide bonds. The van der Waals surface area contributed by atoms with Gasteiger partial charge in [0.25, 0.3) is 0 Å². The Kier molecular flexibility index (Phi) is 4.15.